The molecule has 34 heavy (non-hydrogen) atoms. The summed E-state index contributed by atoms with van der Waals surface area (Å²) in [4.78, 5) is 25.3. The van der Waals surface area contributed by atoms with E-state index in [0.29, 0.717) is 33.9 Å². The van der Waals surface area contributed by atoms with Gasteiger partial charge in [0.1, 0.15) is 17.1 Å². The Morgan fingerprint density at radius 1 is 0.853 bits per heavy atom. The van der Waals surface area contributed by atoms with Crippen molar-refractivity contribution in [3.05, 3.63) is 101 Å². The fraction of sp³-hybridized carbons (Fsp3) is 0.0714. The van der Waals surface area contributed by atoms with Crippen LogP contribution in [0.3, 0.4) is 0 Å². The van der Waals surface area contributed by atoms with E-state index in [2.05, 4.69) is 5.32 Å². The molecule has 0 aliphatic carbocycles. The van der Waals surface area contributed by atoms with Gasteiger partial charge in [-0.1, -0.05) is 60.7 Å². The van der Waals surface area contributed by atoms with E-state index in [4.69, 9.17) is 13.9 Å². The van der Waals surface area contributed by atoms with E-state index < -0.39 is 5.63 Å². The minimum atomic E-state index is -0.458. The van der Waals surface area contributed by atoms with E-state index in [1.165, 1.54) is 7.11 Å². The van der Waals surface area contributed by atoms with Gasteiger partial charge in [0, 0.05) is 10.8 Å². The zero-order chi connectivity index (χ0) is 23.5. The molecule has 6 heteroatoms. The van der Waals surface area contributed by atoms with Crippen LogP contribution in [0, 0.1) is 0 Å². The fourth-order valence-electron chi connectivity index (χ4n) is 3.89. The van der Waals surface area contributed by atoms with Crippen LogP contribution in [0.4, 0.5) is 5.69 Å². The summed E-state index contributed by atoms with van der Waals surface area (Å²) in [6.07, 6.45) is 0. The van der Waals surface area contributed by atoms with Gasteiger partial charge in [0.2, 0.25) is 0 Å². The average molecular weight is 451 g/mol. The molecule has 0 bridgehead atoms. The largest absolute Gasteiger partial charge is 0.495 e. The Balaban J connectivity index is 1.39. The Bertz CT molecular complexity index is 1570. The van der Waals surface area contributed by atoms with Crippen molar-refractivity contribution in [1.29, 1.82) is 0 Å². The van der Waals surface area contributed by atoms with Crippen molar-refractivity contribution in [1.82, 2.24) is 0 Å². The molecule has 0 radical (unpaired) electrons. The van der Waals surface area contributed by atoms with Gasteiger partial charge >= 0.3 is 5.63 Å². The van der Waals surface area contributed by atoms with Crippen molar-refractivity contribution in [3.63, 3.8) is 0 Å². The van der Waals surface area contributed by atoms with Crippen molar-refractivity contribution in [3.8, 4) is 22.6 Å². The number of benzene rings is 4. The number of methoxy groups -OCH3 is 1. The van der Waals surface area contributed by atoms with E-state index in [0.717, 1.165) is 16.2 Å². The summed E-state index contributed by atoms with van der Waals surface area (Å²) >= 11 is 0. The summed E-state index contributed by atoms with van der Waals surface area (Å²) in [5, 5.41) is 5.59. The topological polar surface area (TPSA) is 77.8 Å². The van der Waals surface area contributed by atoms with Crippen LogP contribution in [-0.4, -0.2) is 19.6 Å². The monoisotopic (exact) mass is 451 g/mol. The van der Waals surface area contributed by atoms with Gasteiger partial charge in [0.25, 0.3) is 5.91 Å². The molecule has 0 saturated carbocycles. The van der Waals surface area contributed by atoms with E-state index in [-0.39, 0.29) is 12.5 Å². The van der Waals surface area contributed by atoms with Crippen molar-refractivity contribution >= 4 is 33.3 Å². The maximum absolute atomic E-state index is 12.7. The fourth-order valence-corrected chi connectivity index (χ4v) is 3.89. The van der Waals surface area contributed by atoms with Crippen LogP contribution in [-0.2, 0) is 4.79 Å². The summed E-state index contributed by atoms with van der Waals surface area (Å²) in [6, 6.07) is 27.7. The number of carbonyl (C=O) groups is 1. The van der Waals surface area contributed by atoms with Gasteiger partial charge in [0.15, 0.2) is 6.61 Å². The Morgan fingerprint density at radius 2 is 1.62 bits per heavy atom. The molecular formula is C28H21NO5. The van der Waals surface area contributed by atoms with Gasteiger partial charge < -0.3 is 19.2 Å². The third-order valence-corrected chi connectivity index (χ3v) is 5.53. The van der Waals surface area contributed by atoms with Crippen LogP contribution in [0.5, 0.6) is 11.5 Å². The Kier molecular flexibility index (Phi) is 5.70. The zero-order valence-electron chi connectivity index (χ0n) is 18.4. The van der Waals surface area contributed by atoms with Crippen LogP contribution in [0.15, 0.2) is 100 Å². The average Bonchev–Trinajstić information content (AvgIpc) is 2.87. The SMILES string of the molecule is COc1ccc(-c2cc3ccccc3oc2=O)cc1NC(=O)COc1cccc2ccccc12. The third kappa shape index (κ3) is 4.21. The first-order valence-corrected chi connectivity index (χ1v) is 10.7. The predicted molar refractivity (Wildman–Crippen MR) is 133 cm³/mol. The summed E-state index contributed by atoms with van der Waals surface area (Å²) in [5.74, 6) is 0.740. The number of hydrogen-bond donors (Lipinski definition) is 1. The number of fused-ring (bicyclic) bond motifs is 2. The molecule has 4 aromatic carbocycles. The molecule has 0 spiro atoms. The van der Waals surface area contributed by atoms with Crippen molar-refractivity contribution in [2.24, 2.45) is 0 Å². The van der Waals surface area contributed by atoms with Crippen LogP contribution in [0.2, 0.25) is 0 Å². The van der Waals surface area contributed by atoms with Gasteiger partial charge in [0.05, 0.1) is 18.4 Å². The zero-order valence-corrected chi connectivity index (χ0v) is 18.4. The highest BCUT2D eigenvalue weighted by Crippen LogP contribution is 2.31. The van der Waals surface area contributed by atoms with Gasteiger partial charge in [-0.05, 0) is 41.3 Å². The molecule has 1 aromatic heterocycles. The smallest absolute Gasteiger partial charge is 0.344 e. The number of rotatable bonds is 6. The number of para-hydroxylation sites is 1. The lowest BCUT2D eigenvalue weighted by Gasteiger charge is -2.13. The molecule has 5 aromatic rings. The first kappa shape index (κ1) is 21.3. The lowest BCUT2D eigenvalue weighted by molar-refractivity contribution is -0.118. The lowest BCUT2D eigenvalue weighted by atomic mass is 10.0. The molecule has 0 atom stereocenters. The van der Waals surface area contributed by atoms with Gasteiger partial charge in [-0.3, -0.25) is 4.79 Å². The molecule has 1 N–H and O–H groups in total. The number of nitrogens with one attached hydrogen (secondary N) is 1. The molecule has 0 saturated heterocycles. The van der Waals surface area contributed by atoms with Gasteiger partial charge in [-0.15, -0.1) is 0 Å². The van der Waals surface area contributed by atoms with E-state index >= 15 is 0 Å². The molecule has 6 nitrogen and oxygen atoms in total. The molecule has 0 aliphatic rings. The van der Waals surface area contributed by atoms with E-state index in [9.17, 15) is 9.59 Å². The number of ether oxygens (including phenoxy) is 2. The Hall–Kier alpha value is -4.58. The number of anilines is 1. The minimum absolute atomic E-state index is 0.181. The van der Waals surface area contributed by atoms with E-state index in [1.807, 2.05) is 60.7 Å². The normalized spacial score (nSPS) is 10.9. The molecule has 0 unspecified atom stereocenters. The summed E-state index contributed by atoms with van der Waals surface area (Å²) < 4.78 is 16.6. The second kappa shape index (κ2) is 9.11. The van der Waals surface area contributed by atoms with Crippen LogP contribution in [0.25, 0.3) is 32.9 Å². The maximum atomic E-state index is 12.7. The lowest BCUT2D eigenvalue weighted by Crippen LogP contribution is -2.20. The first-order valence-electron chi connectivity index (χ1n) is 10.7. The third-order valence-electron chi connectivity index (χ3n) is 5.53. The van der Waals surface area contributed by atoms with Crippen molar-refractivity contribution in [2.75, 3.05) is 19.0 Å². The molecule has 168 valence electrons. The predicted octanol–water partition coefficient (Wildman–Crippen LogP) is 5.64. The Labute approximate surface area is 195 Å². The second-order valence-corrected chi connectivity index (χ2v) is 7.71. The molecule has 0 aliphatic heterocycles. The minimum Gasteiger partial charge on any atom is -0.495 e. The first-order chi connectivity index (χ1) is 16.6. The van der Waals surface area contributed by atoms with Crippen LogP contribution < -0.4 is 20.4 Å². The number of amides is 1. The van der Waals surface area contributed by atoms with Gasteiger partial charge in [-0.25, -0.2) is 4.79 Å². The number of carbonyl (C=O) groups excluding carboxylic acids is 1. The highest BCUT2D eigenvalue weighted by molar-refractivity contribution is 5.95. The second-order valence-electron chi connectivity index (χ2n) is 7.71. The highest BCUT2D eigenvalue weighted by Gasteiger charge is 2.14. The van der Waals surface area contributed by atoms with Crippen LogP contribution >= 0.6 is 0 Å². The highest BCUT2D eigenvalue weighted by atomic mass is 16.5. The summed E-state index contributed by atoms with van der Waals surface area (Å²) in [6.45, 7) is -0.181. The maximum Gasteiger partial charge on any atom is 0.344 e. The van der Waals surface area contributed by atoms with Crippen molar-refractivity contribution < 1.29 is 18.7 Å². The Morgan fingerprint density at radius 3 is 2.47 bits per heavy atom. The molecular weight excluding hydrogens is 430 g/mol. The summed E-state index contributed by atoms with van der Waals surface area (Å²) in [7, 11) is 1.52. The van der Waals surface area contributed by atoms with Crippen molar-refractivity contribution in [2.45, 2.75) is 0 Å². The standard InChI is InChI=1S/C28H21NO5/c1-32-26-14-13-19(22-15-20-8-3-5-11-24(20)34-28(22)31)16-23(26)29-27(30)17-33-25-12-6-9-18-7-2-4-10-21(18)25/h2-16H,17H2,1H3,(H,29,30). The molecule has 5 rings (SSSR count). The van der Waals surface area contributed by atoms with Crippen LogP contribution in [0.1, 0.15) is 0 Å². The molecule has 1 amide bonds. The van der Waals surface area contributed by atoms with E-state index in [1.54, 1.807) is 30.3 Å². The molecule has 0 fully saturated rings. The summed E-state index contributed by atoms with van der Waals surface area (Å²) in [5.41, 5.74) is 1.48. The molecule has 1 heterocycles. The number of hydrogen-bond acceptors (Lipinski definition) is 5. The quantitative estimate of drug-likeness (QED) is 0.338. The van der Waals surface area contributed by atoms with Gasteiger partial charge in [-0.2, -0.15) is 0 Å².